The molecule has 6 rings (SSSR count). The van der Waals surface area contributed by atoms with Gasteiger partial charge in [-0.25, -0.2) is 4.79 Å². The molecule has 3 aromatic rings. The van der Waals surface area contributed by atoms with Crippen LogP contribution in [0.1, 0.15) is 20.1 Å². The Morgan fingerprint density at radius 2 is 1.37 bits per heavy atom. The fourth-order valence-electron chi connectivity index (χ4n) is 5.50. The molecular weight excluding hydrogens is 448 g/mol. The monoisotopic (exact) mass is 476 g/mol. The molecule has 3 aliphatic rings. The largest absolute Gasteiger partial charge is 0.347 e. The van der Waals surface area contributed by atoms with Crippen molar-refractivity contribution in [3.8, 4) is 0 Å². The highest BCUT2D eigenvalue weighted by atomic mass is 16.8. The summed E-state index contributed by atoms with van der Waals surface area (Å²) in [5, 5.41) is 0. The fraction of sp³-hybridized carbons (Fsp3) is 0.385. The maximum Gasteiger partial charge on any atom is 0.330 e. The summed E-state index contributed by atoms with van der Waals surface area (Å²) < 4.78 is 20.7. The summed E-state index contributed by atoms with van der Waals surface area (Å²) in [4.78, 5) is 31.3. The van der Waals surface area contributed by atoms with Crippen molar-refractivity contribution in [1.29, 1.82) is 0 Å². The lowest BCUT2D eigenvalue weighted by Crippen LogP contribution is -2.53. The van der Waals surface area contributed by atoms with E-state index >= 15 is 0 Å². The third kappa shape index (κ3) is 3.85. The van der Waals surface area contributed by atoms with E-state index in [0.29, 0.717) is 0 Å². The van der Waals surface area contributed by atoms with E-state index in [0.717, 1.165) is 24.5 Å². The Bertz CT molecular complexity index is 1260. The van der Waals surface area contributed by atoms with E-state index in [2.05, 4.69) is 39.0 Å². The van der Waals surface area contributed by atoms with E-state index in [9.17, 15) is 9.59 Å². The number of anilines is 2. The van der Waals surface area contributed by atoms with Gasteiger partial charge in [-0.1, -0.05) is 36.4 Å². The predicted molar refractivity (Wildman–Crippen MR) is 130 cm³/mol. The molecule has 0 spiro atoms. The van der Waals surface area contributed by atoms with Gasteiger partial charge in [0.25, 0.3) is 5.56 Å². The van der Waals surface area contributed by atoms with Crippen molar-refractivity contribution in [3.05, 3.63) is 93.8 Å². The number of hydrogen-bond donors (Lipinski definition) is 1. The number of rotatable bonds is 4. The molecule has 3 aliphatic heterocycles. The first-order chi connectivity index (χ1) is 16.9. The first-order valence-corrected chi connectivity index (χ1v) is 11.9. The van der Waals surface area contributed by atoms with Crippen LogP contribution in [0.15, 0.2) is 82.5 Å². The number of para-hydroxylation sites is 2. The summed E-state index contributed by atoms with van der Waals surface area (Å²) in [6, 6.07) is 21.8. The second kappa shape index (κ2) is 8.37. The third-order valence-corrected chi connectivity index (χ3v) is 6.88. The first kappa shape index (κ1) is 22.1. The molecule has 0 aliphatic carbocycles. The second-order valence-corrected chi connectivity index (χ2v) is 9.54. The Hall–Kier alpha value is -3.40. The molecule has 0 radical (unpaired) electrons. The number of nitrogens with one attached hydrogen (secondary N) is 1. The van der Waals surface area contributed by atoms with Crippen LogP contribution in [0.5, 0.6) is 0 Å². The Labute approximate surface area is 202 Å². The highest BCUT2D eigenvalue weighted by Crippen LogP contribution is 2.46. The van der Waals surface area contributed by atoms with E-state index in [4.69, 9.17) is 14.2 Å². The molecule has 0 amide bonds. The number of ether oxygens (including phenoxy) is 3. The Balaban J connectivity index is 1.44. The van der Waals surface area contributed by atoms with Crippen LogP contribution in [-0.4, -0.2) is 52.9 Å². The van der Waals surface area contributed by atoms with Gasteiger partial charge in [-0.05, 0) is 38.1 Å². The first-order valence-electron chi connectivity index (χ1n) is 11.9. The zero-order valence-electron chi connectivity index (χ0n) is 19.6. The number of aromatic amines is 1. The van der Waals surface area contributed by atoms with Crippen LogP contribution in [-0.2, 0) is 14.2 Å². The van der Waals surface area contributed by atoms with Gasteiger partial charge < -0.3 is 24.0 Å². The number of fused-ring (bicyclic) bond motifs is 1. The molecule has 0 bridgehead atoms. The van der Waals surface area contributed by atoms with Crippen molar-refractivity contribution >= 4 is 11.4 Å². The van der Waals surface area contributed by atoms with Crippen LogP contribution < -0.4 is 21.0 Å². The van der Waals surface area contributed by atoms with E-state index in [1.807, 2.05) is 50.2 Å². The molecule has 4 atom stereocenters. The molecular formula is C26H28N4O5. The molecule has 182 valence electrons. The molecule has 3 fully saturated rings. The summed E-state index contributed by atoms with van der Waals surface area (Å²) in [7, 11) is 0. The van der Waals surface area contributed by atoms with Crippen LogP contribution >= 0.6 is 0 Å². The second-order valence-electron chi connectivity index (χ2n) is 9.54. The van der Waals surface area contributed by atoms with Crippen molar-refractivity contribution < 1.29 is 14.2 Å². The zero-order valence-corrected chi connectivity index (χ0v) is 19.6. The van der Waals surface area contributed by atoms with Gasteiger partial charge in [0.1, 0.15) is 24.5 Å². The van der Waals surface area contributed by atoms with Crippen LogP contribution in [0, 0.1) is 0 Å². The van der Waals surface area contributed by atoms with Crippen molar-refractivity contribution in [3.63, 3.8) is 0 Å². The van der Waals surface area contributed by atoms with Gasteiger partial charge >= 0.3 is 5.69 Å². The molecule has 9 nitrogen and oxygen atoms in total. The average Bonchev–Trinajstić information content (AvgIpc) is 3.51. The van der Waals surface area contributed by atoms with Crippen LogP contribution in [0.3, 0.4) is 0 Å². The molecule has 35 heavy (non-hydrogen) atoms. The maximum absolute atomic E-state index is 12.7. The van der Waals surface area contributed by atoms with Gasteiger partial charge in [0, 0.05) is 36.7 Å². The smallest absolute Gasteiger partial charge is 0.330 e. The van der Waals surface area contributed by atoms with E-state index < -0.39 is 41.6 Å². The minimum Gasteiger partial charge on any atom is -0.347 e. The van der Waals surface area contributed by atoms with Crippen molar-refractivity contribution in [2.45, 2.75) is 50.3 Å². The van der Waals surface area contributed by atoms with Gasteiger partial charge in [-0.15, -0.1) is 0 Å². The maximum atomic E-state index is 12.7. The number of H-pyrrole nitrogens is 1. The third-order valence-electron chi connectivity index (χ3n) is 6.88. The fourth-order valence-corrected chi connectivity index (χ4v) is 5.50. The summed E-state index contributed by atoms with van der Waals surface area (Å²) >= 11 is 0. The number of nitrogens with zero attached hydrogens (tertiary/aromatic N) is 3. The normalized spacial score (nSPS) is 27.9. The lowest BCUT2D eigenvalue weighted by molar-refractivity contribution is -0.199. The molecule has 0 unspecified atom stereocenters. The molecule has 4 heterocycles. The zero-order chi connectivity index (χ0) is 24.2. The summed E-state index contributed by atoms with van der Waals surface area (Å²) in [6.07, 6.45) is -0.865. The van der Waals surface area contributed by atoms with Gasteiger partial charge in [0.2, 0.25) is 0 Å². The van der Waals surface area contributed by atoms with Crippen molar-refractivity contribution in [1.82, 2.24) is 9.55 Å². The van der Waals surface area contributed by atoms with Gasteiger partial charge in [0.15, 0.2) is 12.0 Å². The summed E-state index contributed by atoms with van der Waals surface area (Å²) in [5.74, 6) is -0.838. The lowest BCUT2D eigenvalue weighted by atomic mass is 10.1. The standard InChI is InChI=1S/C26H28N4O5/c1-26(2)34-20-21(33-24(22(20)35-26)30-14-13-19(31)27-25(30)32)23-28(17-9-5-3-6-10-17)15-16-29(23)18-11-7-4-8-12-18/h3-14,20-24H,15-16H2,1-2H3,(H,27,31,32)/t20-,21+,22-,24-/m1/s1. The van der Waals surface area contributed by atoms with E-state index in [1.165, 1.54) is 16.8 Å². The molecule has 1 aromatic heterocycles. The van der Waals surface area contributed by atoms with Crippen LogP contribution in [0.4, 0.5) is 11.4 Å². The van der Waals surface area contributed by atoms with Crippen molar-refractivity contribution in [2.75, 3.05) is 22.9 Å². The van der Waals surface area contributed by atoms with Gasteiger partial charge in [-0.3, -0.25) is 14.3 Å². The Morgan fingerprint density at radius 3 is 1.94 bits per heavy atom. The average molecular weight is 477 g/mol. The lowest BCUT2D eigenvalue weighted by Gasteiger charge is -2.38. The van der Waals surface area contributed by atoms with Crippen LogP contribution in [0.2, 0.25) is 0 Å². The molecule has 0 saturated carbocycles. The topological polar surface area (TPSA) is 89.0 Å². The number of aromatic nitrogens is 2. The predicted octanol–water partition coefficient (Wildman–Crippen LogP) is 2.31. The van der Waals surface area contributed by atoms with Crippen LogP contribution in [0.25, 0.3) is 0 Å². The summed E-state index contributed by atoms with van der Waals surface area (Å²) in [6.45, 7) is 5.34. The summed E-state index contributed by atoms with van der Waals surface area (Å²) in [5.41, 5.74) is 1.17. The van der Waals surface area contributed by atoms with E-state index in [-0.39, 0.29) is 6.17 Å². The molecule has 1 N–H and O–H groups in total. The minimum atomic E-state index is -0.838. The minimum absolute atomic E-state index is 0.201. The Morgan fingerprint density at radius 1 is 0.800 bits per heavy atom. The number of benzene rings is 2. The highest BCUT2D eigenvalue weighted by molar-refractivity contribution is 5.57. The molecule has 2 aromatic carbocycles. The SMILES string of the molecule is CC1(C)O[C@@H]2[C@H](O1)[C@@H](C1N(c3ccccc3)CCN1c1ccccc1)O[C@H]2n1ccc(=O)[nH]c1=O. The molecule has 3 saturated heterocycles. The Kier molecular flexibility index (Phi) is 5.28. The van der Waals surface area contributed by atoms with Gasteiger partial charge in [0.05, 0.1) is 0 Å². The van der Waals surface area contributed by atoms with Crippen molar-refractivity contribution in [2.24, 2.45) is 0 Å². The highest BCUT2D eigenvalue weighted by Gasteiger charge is 2.60. The quantitative estimate of drug-likeness (QED) is 0.618. The van der Waals surface area contributed by atoms with Gasteiger partial charge in [-0.2, -0.15) is 0 Å². The molecule has 9 heteroatoms. The number of hydrogen-bond acceptors (Lipinski definition) is 7. The van der Waals surface area contributed by atoms with E-state index in [1.54, 1.807) is 0 Å².